The summed E-state index contributed by atoms with van der Waals surface area (Å²) in [5.74, 6) is 0. The van der Waals surface area contributed by atoms with E-state index in [4.69, 9.17) is 0 Å². The molecule has 0 radical (unpaired) electrons. The number of thiazole rings is 1. The summed E-state index contributed by atoms with van der Waals surface area (Å²) in [6, 6.07) is 13.6. The van der Waals surface area contributed by atoms with Crippen molar-refractivity contribution in [2.45, 2.75) is 40.2 Å². The summed E-state index contributed by atoms with van der Waals surface area (Å²) in [7, 11) is 0. The van der Waals surface area contributed by atoms with Crippen molar-refractivity contribution in [2.24, 2.45) is 0 Å². The van der Waals surface area contributed by atoms with Crippen LogP contribution in [0.3, 0.4) is 0 Å². The lowest BCUT2D eigenvalue weighted by molar-refractivity contribution is 0.765. The van der Waals surface area contributed by atoms with E-state index in [9.17, 15) is 0 Å². The second kappa shape index (κ2) is 7.18. The summed E-state index contributed by atoms with van der Waals surface area (Å²) in [6.45, 7) is 8.72. The Balaban J connectivity index is 1.96. The van der Waals surface area contributed by atoms with Crippen LogP contribution in [-0.2, 0) is 6.42 Å². The molecular weight excluding hydrogens is 312 g/mol. The minimum atomic E-state index is 0.220. The van der Waals surface area contributed by atoms with Crippen LogP contribution in [0, 0.1) is 27.7 Å². The van der Waals surface area contributed by atoms with E-state index in [2.05, 4.69) is 74.4 Å². The first-order valence-electron chi connectivity index (χ1n) is 8.32. The topological polar surface area (TPSA) is 24.9 Å². The van der Waals surface area contributed by atoms with E-state index in [1.54, 1.807) is 11.3 Å². The Morgan fingerprint density at radius 3 is 2.46 bits per heavy atom. The van der Waals surface area contributed by atoms with E-state index in [-0.39, 0.29) is 6.04 Å². The van der Waals surface area contributed by atoms with Crippen LogP contribution < -0.4 is 5.32 Å². The molecular formula is C21H24N2S. The van der Waals surface area contributed by atoms with Gasteiger partial charge in [0.15, 0.2) is 5.13 Å². The predicted molar refractivity (Wildman–Crippen MR) is 104 cm³/mol. The number of anilines is 1. The molecule has 1 aromatic heterocycles. The first-order chi connectivity index (χ1) is 11.5. The van der Waals surface area contributed by atoms with Gasteiger partial charge in [0.1, 0.15) is 0 Å². The van der Waals surface area contributed by atoms with Gasteiger partial charge in [-0.15, -0.1) is 11.3 Å². The molecule has 0 saturated carbocycles. The van der Waals surface area contributed by atoms with Gasteiger partial charge in [0.25, 0.3) is 0 Å². The quantitative estimate of drug-likeness (QED) is 0.639. The fraction of sp³-hybridized carbons (Fsp3) is 0.286. The zero-order valence-corrected chi connectivity index (χ0v) is 15.6. The van der Waals surface area contributed by atoms with Crippen LogP contribution >= 0.6 is 11.3 Å². The van der Waals surface area contributed by atoms with Crippen LogP contribution in [0.15, 0.2) is 48.0 Å². The number of aryl methyl sites for hydroxylation is 3. The molecule has 0 aliphatic rings. The minimum absolute atomic E-state index is 0.220. The van der Waals surface area contributed by atoms with E-state index >= 15 is 0 Å². The van der Waals surface area contributed by atoms with E-state index in [1.165, 1.54) is 33.4 Å². The van der Waals surface area contributed by atoms with Crippen LogP contribution in [0.1, 0.15) is 39.4 Å². The lowest BCUT2D eigenvalue weighted by Crippen LogP contribution is -2.15. The lowest BCUT2D eigenvalue weighted by Gasteiger charge is -2.22. The molecule has 0 bridgehead atoms. The summed E-state index contributed by atoms with van der Waals surface area (Å²) in [5.41, 5.74) is 8.04. The fourth-order valence-corrected chi connectivity index (χ4v) is 3.84. The van der Waals surface area contributed by atoms with Gasteiger partial charge in [-0.2, -0.15) is 0 Å². The third kappa shape index (κ3) is 3.85. The Labute approximate surface area is 148 Å². The number of hydrogen-bond acceptors (Lipinski definition) is 3. The fourth-order valence-electron chi connectivity index (χ4n) is 3.26. The third-order valence-corrected chi connectivity index (χ3v) is 5.18. The minimum Gasteiger partial charge on any atom is -0.354 e. The zero-order valence-electron chi connectivity index (χ0n) is 14.8. The zero-order chi connectivity index (χ0) is 17.1. The highest BCUT2D eigenvalue weighted by molar-refractivity contribution is 7.13. The van der Waals surface area contributed by atoms with Gasteiger partial charge in [0.05, 0.1) is 6.04 Å². The second-order valence-electron chi connectivity index (χ2n) is 6.52. The van der Waals surface area contributed by atoms with Gasteiger partial charge in [-0.1, -0.05) is 47.5 Å². The highest BCUT2D eigenvalue weighted by Crippen LogP contribution is 2.29. The third-order valence-electron chi connectivity index (χ3n) is 4.47. The average molecular weight is 337 g/mol. The molecule has 0 aliphatic carbocycles. The lowest BCUT2D eigenvalue weighted by atomic mass is 9.92. The monoisotopic (exact) mass is 336 g/mol. The normalized spacial score (nSPS) is 12.2. The Morgan fingerprint density at radius 1 is 1.04 bits per heavy atom. The maximum Gasteiger partial charge on any atom is 0.183 e. The van der Waals surface area contributed by atoms with E-state index in [0.717, 1.165) is 11.6 Å². The summed E-state index contributed by atoms with van der Waals surface area (Å²) in [4.78, 5) is 4.42. The van der Waals surface area contributed by atoms with E-state index in [1.807, 2.05) is 11.6 Å². The number of nitrogens with one attached hydrogen (secondary N) is 1. The van der Waals surface area contributed by atoms with Crippen LogP contribution in [0.4, 0.5) is 5.13 Å². The molecule has 0 saturated heterocycles. The molecule has 1 heterocycles. The van der Waals surface area contributed by atoms with Crippen molar-refractivity contribution >= 4 is 16.5 Å². The molecule has 2 aromatic carbocycles. The molecule has 3 heteroatoms. The summed E-state index contributed by atoms with van der Waals surface area (Å²) < 4.78 is 0. The number of benzene rings is 2. The Hall–Kier alpha value is -2.13. The molecule has 0 fully saturated rings. The van der Waals surface area contributed by atoms with Crippen LogP contribution in [0.25, 0.3) is 0 Å². The first-order valence-corrected chi connectivity index (χ1v) is 9.20. The smallest absolute Gasteiger partial charge is 0.183 e. The van der Waals surface area contributed by atoms with Crippen molar-refractivity contribution in [3.05, 3.63) is 81.4 Å². The largest absolute Gasteiger partial charge is 0.354 e. The van der Waals surface area contributed by atoms with Crippen LogP contribution in [0.2, 0.25) is 0 Å². The summed E-state index contributed by atoms with van der Waals surface area (Å²) in [6.07, 6.45) is 2.80. The first kappa shape index (κ1) is 16.7. The molecule has 0 amide bonds. The van der Waals surface area contributed by atoms with Gasteiger partial charge < -0.3 is 5.32 Å². The maximum absolute atomic E-state index is 4.42. The highest BCUT2D eigenvalue weighted by atomic mass is 32.1. The Bertz CT molecular complexity index is 802. The number of rotatable bonds is 5. The van der Waals surface area contributed by atoms with Crippen molar-refractivity contribution in [3.8, 4) is 0 Å². The average Bonchev–Trinajstić information content (AvgIpc) is 3.01. The van der Waals surface area contributed by atoms with Crippen LogP contribution in [0.5, 0.6) is 0 Å². The van der Waals surface area contributed by atoms with Crippen molar-refractivity contribution in [3.63, 3.8) is 0 Å². The van der Waals surface area contributed by atoms with Gasteiger partial charge in [0.2, 0.25) is 0 Å². The maximum atomic E-state index is 4.42. The molecule has 24 heavy (non-hydrogen) atoms. The summed E-state index contributed by atoms with van der Waals surface area (Å²) >= 11 is 1.65. The second-order valence-corrected chi connectivity index (χ2v) is 7.42. The van der Waals surface area contributed by atoms with Crippen molar-refractivity contribution < 1.29 is 0 Å². The van der Waals surface area contributed by atoms with E-state index < -0.39 is 0 Å². The van der Waals surface area contributed by atoms with Crippen LogP contribution in [-0.4, -0.2) is 4.98 Å². The van der Waals surface area contributed by atoms with Crippen molar-refractivity contribution in [1.82, 2.24) is 4.98 Å². The van der Waals surface area contributed by atoms with Gasteiger partial charge in [-0.05, 0) is 56.4 Å². The molecule has 0 spiro atoms. The SMILES string of the molecule is Cc1cc(C)cc(CC(Nc2nccs2)c2cccc(C)c2C)c1. The van der Waals surface area contributed by atoms with Gasteiger partial charge >= 0.3 is 0 Å². The molecule has 124 valence electrons. The number of aromatic nitrogens is 1. The van der Waals surface area contributed by atoms with Crippen molar-refractivity contribution in [1.29, 1.82) is 0 Å². The van der Waals surface area contributed by atoms with Gasteiger partial charge in [-0.25, -0.2) is 4.98 Å². The molecule has 1 N–H and O–H groups in total. The van der Waals surface area contributed by atoms with Crippen molar-refractivity contribution in [2.75, 3.05) is 5.32 Å². The predicted octanol–water partition coefficient (Wildman–Crippen LogP) is 5.77. The standard InChI is InChI=1S/C21H24N2S/c1-14-10-15(2)12-18(11-14)13-20(23-21-22-8-9-24-21)19-7-5-6-16(3)17(19)4/h5-12,20H,13H2,1-4H3,(H,22,23). The molecule has 2 nitrogen and oxygen atoms in total. The highest BCUT2D eigenvalue weighted by Gasteiger charge is 2.17. The number of nitrogens with zero attached hydrogens (tertiary/aromatic N) is 1. The molecule has 3 aromatic rings. The molecule has 3 rings (SSSR count). The molecule has 1 unspecified atom stereocenters. The summed E-state index contributed by atoms with van der Waals surface area (Å²) in [5, 5.41) is 6.63. The molecule has 1 atom stereocenters. The van der Waals surface area contributed by atoms with E-state index in [0.29, 0.717) is 0 Å². The van der Waals surface area contributed by atoms with Gasteiger partial charge in [0, 0.05) is 11.6 Å². The molecule has 0 aliphatic heterocycles. The Morgan fingerprint density at radius 2 is 1.79 bits per heavy atom. The Kier molecular flexibility index (Phi) is 5.00. The van der Waals surface area contributed by atoms with Gasteiger partial charge in [-0.3, -0.25) is 0 Å². The number of hydrogen-bond donors (Lipinski definition) is 1.